The van der Waals surface area contributed by atoms with Gasteiger partial charge in [0.15, 0.2) is 0 Å². The van der Waals surface area contributed by atoms with E-state index in [0.29, 0.717) is 5.92 Å². The highest BCUT2D eigenvalue weighted by Gasteiger charge is 2.24. The van der Waals surface area contributed by atoms with Crippen LogP contribution in [0.25, 0.3) is 10.9 Å². The van der Waals surface area contributed by atoms with Crippen LogP contribution in [0.3, 0.4) is 0 Å². The molecule has 4 nitrogen and oxygen atoms in total. The number of hydrogen-bond acceptors (Lipinski definition) is 3. The van der Waals surface area contributed by atoms with Crippen LogP contribution in [0, 0.1) is 5.92 Å². The number of halogens is 2. The summed E-state index contributed by atoms with van der Waals surface area (Å²) in [7, 11) is 1.99. The van der Waals surface area contributed by atoms with Gasteiger partial charge in [0.05, 0.1) is 11.1 Å². The van der Waals surface area contributed by atoms with Crippen LogP contribution in [0.1, 0.15) is 23.2 Å². The summed E-state index contributed by atoms with van der Waals surface area (Å²) in [6.45, 7) is 2.72. The molecule has 1 fully saturated rings. The molecule has 1 aliphatic rings. The predicted molar refractivity (Wildman–Crippen MR) is 98.8 cm³/mol. The van der Waals surface area contributed by atoms with Gasteiger partial charge in [0.1, 0.15) is 0 Å². The van der Waals surface area contributed by atoms with Gasteiger partial charge in [-0.05, 0) is 44.5 Å². The van der Waals surface area contributed by atoms with Crippen molar-refractivity contribution >= 4 is 41.6 Å². The van der Waals surface area contributed by atoms with E-state index in [4.69, 9.17) is 0 Å². The number of carbonyl (C=O) groups is 1. The standard InChI is InChI=1S/C17H21N3O.2ClH/c1-18-12-13-7-10-20(11-8-13)17(21)15-6-2-4-14-5-3-9-19-16(14)15;;/h2-6,9,13,18H,7-8,10-12H2,1H3;2*1H. The first-order chi connectivity index (χ1) is 10.3. The largest absolute Gasteiger partial charge is 0.339 e. The van der Waals surface area contributed by atoms with Crippen LogP contribution in [0.15, 0.2) is 36.5 Å². The van der Waals surface area contributed by atoms with Crippen LogP contribution < -0.4 is 5.32 Å². The third kappa shape index (κ3) is 4.34. The number of hydrogen-bond donors (Lipinski definition) is 1. The number of carbonyl (C=O) groups excluding carboxylic acids is 1. The van der Waals surface area contributed by atoms with Crippen molar-refractivity contribution in [1.29, 1.82) is 0 Å². The van der Waals surface area contributed by atoms with Gasteiger partial charge in [-0.25, -0.2) is 0 Å². The van der Waals surface area contributed by atoms with Crippen molar-refractivity contribution in [3.8, 4) is 0 Å². The number of likely N-dealkylation sites (tertiary alicyclic amines) is 1. The highest BCUT2D eigenvalue weighted by atomic mass is 35.5. The highest BCUT2D eigenvalue weighted by Crippen LogP contribution is 2.22. The van der Waals surface area contributed by atoms with E-state index in [-0.39, 0.29) is 30.7 Å². The summed E-state index contributed by atoms with van der Waals surface area (Å²) in [5.41, 5.74) is 1.53. The molecule has 1 N–H and O–H groups in total. The summed E-state index contributed by atoms with van der Waals surface area (Å²) in [5, 5.41) is 4.25. The molecule has 0 aliphatic carbocycles. The normalized spacial score (nSPS) is 14.9. The second kappa shape index (κ2) is 9.06. The van der Waals surface area contributed by atoms with Gasteiger partial charge in [-0.2, -0.15) is 0 Å². The molecular weight excluding hydrogens is 333 g/mol. The second-order valence-corrected chi connectivity index (χ2v) is 5.67. The predicted octanol–water partition coefficient (Wildman–Crippen LogP) is 3.15. The molecule has 2 aromatic rings. The van der Waals surface area contributed by atoms with Crippen molar-refractivity contribution in [3.63, 3.8) is 0 Å². The van der Waals surface area contributed by atoms with E-state index in [2.05, 4.69) is 10.3 Å². The number of nitrogens with one attached hydrogen (secondary N) is 1. The summed E-state index contributed by atoms with van der Waals surface area (Å²) < 4.78 is 0. The number of aromatic nitrogens is 1. The SMILES string of the molecule is CNCC1CCN(C(=O)c2cccc3cccnc23)CC1.Cl.Cl. The van der Waals surface area contributed by atoms with Crippen molar-refractivity contribution in [2.75, 3.05) is 26.7 Å². The van der Waals surface area contributed by atoms with Gasteiger partial charge in [-0.3, -0.25) is 9.78 Å². The Balaban J connectivity index is 0.00000132. The average molecular weight is 356 g/mol. The fourth-order valence-corrected chi connectivity index (χ4v) is 3.08. The zero-order chi connectivity index (χ0) is 14.7. The Bertz CT molecular complexity index is 637. The smallest absolute Gasteiger partial charge is 0.256 e. The molecule has 1 aliphatic heterocycles. The van der Waals surface area contributed by atoms with Gasteiger partial charge < -0.3 is 10.2 Å². The van der Waals surface area contributed by atoms with E-state index >= 15 is 0 Å². The van der Waals surface area contributed by atoms with Crippen LogP contribution in [0.2, 0.25) is 0 Å². The molecule has 1 aromatic carbocycles. The van der Waals surface area contributed by atoms with E-state index in [9.17, 15) is 4.79 Å². The van der Waals surface area contributed by atoms with Gasteiger partial charge in [0.2, 0.25) is 0 Å². The Hall–Kier alpha value is -1.36. The molecular formula is C17H23Cl2N3O. The highest BCUT2D eigenvalue weighted by molar-refractivity contribution is 6.05. The lowest BCUT2D eigenvalue weighted by atomic mass is 9.96. The quantitative estimate of drug-likeness (QED) is 0.919. The minimum absolute atomic E-state index is 0. The Morgan fingerprint density at radius 3 is 2.61 bits per heavy atom. The fourth-order valence-electron chi connectivity index (χ4n) is 3.08. The first kappa shape index (κ1) is 19.7. The molecule has 0 spiro atoms. The van der Waals surface area contributed by atoms with E-state index in [1.165, 1.54) is 0 Å². The molecule has 1 amide bonds. The van der Waals surface area contributed by atoms with Crippen LogP contribution in [0.4, 0.5) is 0 Å². The Labute approximate surface area is 149 Å². The number of pyridine rings is 1. The topological polar surface area (TPSA) is 45.2 Å². The lowest BCUT2D eigenvalue weighted by Crippen LogP contribution is -2.40. The Morgan fingerprint density at radius 1 is 1.22 bits per heavy atom. The fraction of sp³-hybridized carbons (Fsp3) is 0.412. The van der Waals surface area contributed by atoms with E-state index in [1.807, 2.05) is 42.3 Å². The number of fused-ring (bicyclic) bond motifs is 1. The zero-order valence-electron chi connectivity index (χ0n) is 13.2. The lowest BCUT2D eigenvalue weighted by Gasteiger charge is -2.32. The van der Waals surface area contributed by atoms with Crippen LogP contribution in [-0.4, -0.2) is 42.5 Å². The molecule has 0 unspecified atom stereocenters. The molecule has 0 atom stereocenters. The molecule has 3 rings (SSSR count). The van der Waals surface area contributed by atoms with Crippen LogP contribution in [-0.2, 0) is 0 Å². The average Bonchev–Trinajstić information content (AvgIpc) is 2.55. The first-order valence-electron chi connectivity index (χ1n) is 7.57. The number of para-hydroxylation sites is 1. The third-order valence-corrected chi connectivity index (χ3v) is 4.26. The van der Waals surface area contributed by atoms with Crippen molar-refractivity contribution in [3.05, 3.63) is 42.1 Å². The molecule has 126 valence electrons. The Kier molecular flexibility index (Phi) is 7.76. The van der Waals surface area contributed by atoms with E-state index < -0.39 is 0 Å². The van der Waals surface area contributed by atoms with Gasteiger partial charge in [-0.1, -0.05) is 18.2 Å². The number of benzene rings is 1. The van der Waals surface area contributed by atoms with Gasteiger partial charge in [0, 0.05) is 24.7 Å². The van der Waals surface area contributed by atoms with E-state index in [0.717, 1.165) is 48.9 Å². The monoisotopic (exact) mass is 355 g/mol. The van der Waals surface area contributed by atoms with Crippen molar-refractivity contribution < 1.29 is 4.79 Å². The molecule has 0 saturated carbocycles. The van der Waals surface area contributed by atoms with Gasteiger partial charge >= 0.3 is 0 Å². The summed E-state index contributed by atoms with van der Waals surface area (Å²) >= 11 is 0. The molecule has 0 bridgehead atoms. The number of amides is 1. The third-order valence-electron chi connectivity index (χ3n) is 4.26. The maximum atomic E-state index is 12.7. The molecule has 1 aromatic heterocycles. The number of piperidine rings is 1. The number of rotatable bonds is 3. The summed E-state index contributed by atoms with van der Waals surface area (Å²) in [6, 6.07) is 9.72. The summed E-state index contributed by atoms with van der Waals surface area (Å²) in [6.07, 6.45) is 3.90. The molecule has 0 radical (unpaired) electrons. The van der Waals surface area contributed by atoms with Crippen molar-refractivity contribution in [2.45, 2.75) is 12.8 Å². The summed E-state index contributed by atoms with van der Waals surface area (Å²) in [4.78, 5) is 19.1. The first-order valence-corrected chi connectivity index (χ1v) is 7.57. The Morgan fingerprint density at radius 2 is 1.91 bits per heavy atom. The van der Waals surface area contributed by atoms with Crippen molar-refractivity contribution in [1.82, 2.24) is 15.2 Å². The second-order valence-electron chi connectivity index (χ2n) is 5.67. The summed E-state index contributed by atoms with van der Waals surface area (Å²) in [5.74, 6) is 0.798. The minimum atomic E-state index is 0. The maximum Gasteiger partial charge on any atom is 0.256 e. The maximum absolute atomic E-state index is 12.7. The van der Waals surface area contributed by atoms with Crippen LogP contribution >= 0.6 is 24.8 Å². The molecule has 6 heteroatoms. The van der Waals surface area contributed by atoms with Gasteiger partial charge in [-0.15, -0.1) is 24.8 Å². The zero-order valence-corrected chi connectivity index (χ0v) is 14.8. The molecule has 2 heterocycles. The van der Waals surface area contributed by atoms with E-state index in [1.54, 1.807) is 6.20 Å². The van der Waals surface area contributed by atoms with Gasteiger partial charge in [0.25, 0.3) is 5.91 Å². The minimum Gasteiger partial charge on any atom is -0.339 e. The molecule has 1 saturated heterocycles. The van der Waals surface area contributed by atoms with Crippen molar-refractivity contribution in [2.24, 2.45) is 5.92 Å². The lowest BCUT2D eigenvalue weighted by molar-refractivity contribution is 0.0692. The number of nitrogens with zero attached hydrogens (tertiary/aromatic N) is 2. The molecule has 23 heavy (non-hydrogen) atoms. The van der Waals surface area contributed by atoms with Crippen LogP contribution in [0.5, 0.6) is 0 Å².